The van der Waals surface area contributed by atoms with Gasteiger partial charge in [0.15, 0.2) is 0 Å². The molecule has 0 aliphatic carbocycles. The maximum absolute atomic E-state index is 8.79. The highest BCUT2D eigenvalue weighted by atomic mass is 16.5. The van der Waals surface area contributed by atoms with E-state index in [1.54, 1.807) is 0 Å². The third-order valence-corrected chi connectivity index (χ3v) is 3.43. The number of hydrogen-bond acceptors (Lipinski definition) is 4. The summed E-state index contributed by atoms with van der Waals surface area (Å²) in [5, 5.41) is 8.79. The summed E-state index contributed by atoms with van der Waals surface area (Å²) >= 11 is 0. The number of fused-ring (bicyclic) bond motifs is 1. The Labute approximate surface area is 108 Å². The fourth-order valence-electron chi connectivity index (χ4n) is 2.47. The number of hydrogen-bond donors (Lipinski definition) is 2. The average molecular weight is 249 g/mol. The van der Waals surface area contributed by atoms with Crippen molar-refractivity contribution < 1.29 is 14.5 Å². The van der Waals surface area contributed by atoms with Crippen LogP contribution >= 0.6 is 0 Å². The zero-order chi connectivity index (χ0) is 13.2. The first-order valence-corrected chi connectivity index (χ1v) is 6.37. The quantitative estimate of drug-likeness (QED) is 0.588. The third-order valence-electron chi connectivity index (χ3n) is 3.43. The second-order valence-corrected chi connectivity index (χ2v) is 4.84. The lowest BCUT2D eigenvalue weighted by atomic mass is 9.63. The van der Waals surface area contributed by atoms with Crippen LogP contribution in [0.25, 0.3) is 0 Å². The highest BCUT2D eigenvalue weighted by Gasteiger charge is 2.42. The molecule has 0 bridgehead atoms. The van der Waals surface area contributed by atoms with Crippen molar-refractivity contribution in [1.82, 2.24) is 0 Å². The maximum atomic E-state index is 8.79. The molecule has 98 valence electrons. The van der Waals surface area contributed by atoms with Gasteiger partial charge in [0.25, 0.3) is 0 Å². The summed E-state index contributed by atoms with van der Waals surface area (Å²) in [6.45, 7) is 5.11. The molecule has 0 saturated carbocycles. The van der Waals surface area contributed by atoms with E-state index in [9.17, 15) is 0 Å². The Hall–Kier alpha value is -1.04. The van der Waals surface area contributed by atoms with Crippen molar-refractivity contribution in [2.75, 3.05) is 19.8 Å². The lowest BCUT2D eigenvalue weighted by Gasteiger charge is -2.24. The van der Waals surface area contributed by atoms with E-state index in [-0.39, 0.29) is 13.5 Å². The second-order valence-electron chi connectivity index (χ2n) is 4.84. The number of aliphatic hydroxyl groups excluding tert-OH is 1. The minimum atomic E-state index is -0.425. The van der Waals surface area contributed by atoms with Crippen LogP contribution in [-0.2, 0) is 10.3 Å². The molecule has 4 nitrogen and oxygen atoms in total. The summed E-state index contributed by atoms with van der Waals surface area (Å²) < 4.78 is 11.7. The summed E-state index contributed by atoms with van der Waals surface area (Å²) in [5.41, 5.74) is 7.59. The number of nitrogens with two attached hydrogens (primary N) is 1. The Morgan fingerprint density at radius 1 is 1.50 bits per heavy atom. The molecule has 1 atom stereocenters. The molecule has 0 fully saturated rings. The summed E-state index contributed by atoms with van der Waals surface area (Å²) in [6, 6.07) is 5.95. The van der Waals surface area contributed by atoms with E-state index in [0.717, 1.165) is 16.8 Å². The Bertz CT molecular complexity index is 427. The van der Waals surface area contributed by atoms with E-state index in [1.807, 2.05) is 31.9 Å². The number of ether oxygens (including phenoxy) is 1. The van der Waals surface area contributed by atoms with Gasteiger partial charge in [-0.1, -0.05) is 19.0 Å². The van der Waals surface area contributed by atoms with Crippen LogP contribution in [0.3, 0.4) is 0 Å². The molecule has 1 aromatic rings. The molecule has 0 amide bonds. The first kappa shape index (κ1) is 13.4. The smallest absolute Gasteiger partial charge is 0.328 e. The standard InChI is InChI=1S/C13H20BNO3/c1-13(9-15)10-5-3-6-11(17-8-4-7-16)12(10)14(2)18-13/h3,5-6,16H,4,7-9,15H2,1-2H3. The van der Waals surface area contributed by atoms with E-state index < -0.39 is 5.60 Å². The molecule has 0 radical (unpaired) electrons. The number of benzene rings is 1. The van der Waals surface area contributed by atoms with Gasteiger partial charge in [0, 0.05) is 19.6 Å². The van der Waals surface area contributed by atoms with E-state index in [4.69, 9.17) is 20.2 Å². The molecule has 5 heteroatoms. The van der Waals surface area contributed by atoms with Crippen molar-refractivity contribution >= 4 is 12.4 Å². The van der Waals surface area contributed by atoms with Gasteiger partial charge in [0.1, 0.15) is 5.75 Å². The van der Waals surface area contributed by atoms with E-state index >= 15 is 0 Å². The predicted molar refractivity (Wildman–Crippen MR) is 72.4 cm³/mol. The van der Waals surface area contributed by atoms with Gasteiger partial charge < -0.3 is 20.2 Å². The van der Waals surface area contributed by atoms with Crippen molar-refractivity contribution in [3.05, 3.63) is 23.8 Å². The summed E-state index contributed by atoms with van der Waals surface area (Å²) in [4.78, 5) is 0. The fraction of sp³-hybridized carbons (Fsp3) is 0.538. The van der Waals surface area contributed by atoms with Crippen molar-refractivity contribution in [2.24, 2.45) is 5.73 Å². The average Bonchev–Trinajstić information content (AvgIpc) is 2.64. The van der Waals surface area contributed by atoms with E-state index in [2.05, 4.69) is 0 Å². The Kier molecular flexibility index (Phi) is 3.95. The van der Waals surface area contributed by atoms with Gasteiger partial charge in [-0.3, -0.25) is 0 Å². The molecular formula is C13H20BNO3. The molecule has 0 spiro atoms. The largest absolute Gasteiger partial charge is 0.494 e. The van der Waals surface area contributed by atoms with Crippen molar-refractivity contribution in [3.63, 3.8) is 0 Å². The van der Waals surface area contributed by atoms with Gasteiger partial charge in [-0.25, -0.2) is 0 Å². The number of aliphatic hydroxyl groups is 1. The van der Waals surface area contributed by atoms with Crippen LogP contribution in [0.4, 0.5) is 0 Å². The van der Waals surface area contributed by atoms with Gasteiger partial charge in [-0.15, -0.1) is 0 Å². The molecule has 3 N–H and O–H groups in total. The normalized spacial score (nSPS) is 22.1. The minimum absolute atomic E-state index is 0.0149. The van der Waals surface area contributed by atoms with E-state index in [0.29, 0.717) is 19.6 Å². The van der Waals surface area contributed by atoms with Crippen LogP contribution in [0.5, 0.6) is 5.75 Å². The van der Waals surface area contributed by atoms with Gasteiger partial charge in [0.05, 0.1) is 12.2 Å². The van der Waals surface area contributed by atoms with Crippen LogP contribution in [0.15, 0.2) is 18.2 Å². The molecule has 1 aromatic carbocycles. The molecule has 0 saturated heterocycles. The van der Waals surface area contributed by atoms with Gasteiger partial charge in [-0.2, -0.15) is 0 Å². The molecular weight excluding hydrogens is 229 g/mol. The lowest BCUT2D eigenvalue weighted by Crippen LogP contribution is -2.32. The topological polar surface area (TPSA) is 64.7 Å². The first-order chi connectivity index (χ1) is 8.62. The van der Waals surface area contributed by atoms with Crippen LogP contribution in [0.1, 0.15) is 18.9 Å². The molecule has 1 aliphatic rings. The second kappa shape index (κ2) is 5.30. The zero-order valence-corrected chi connectivity index (χ0v) is 11.0. The zero-order valence-electron chi connectivity index (χ0n) is 11.0. The van der Waals surface area contributed by atoms with Crippen LogP contribution in [-0.4, -0.2) is 31.8 Å². The number of rotatable bonds is 5. The van der Waals surface area contributed by atoms with Crippen molar-refractivity contribution in [2.45, 2.75) is 25.8 Å². The first-order valence-electron chi connectivity index (χ1n) is 6.37. The van der Waals surface area contributed by atoms with Crippen LogP contribution in [0.2, 0.25) is 6.82 Å². The van der Waals surface area contributed by atoms with Gasteiger partial charge in [-0.05, 0) is 24.0 Å². The van der Waals surface area contributed by atoms with Crippen molar-refractivity contribution in [3.8, 4) is 5.75 Å². The summed E-state index contributed by atoms with van der Waals surface area (Å²) in [6.07, 6.45) is 0.632. The van der Waals surface area contributed by atoms with E-state index in [1.165, 1.54) is 0 Å². The van der Waals surface area contributed by atoms with Crippen LogP contribution < -0.4 is 15.9 Å². The molecule has 18 heavy (non-hydrogen) atoms. The molecule has 1 heterocycles. The van der Waals surface area contributed by atoms with Gasteiger partial charge >= 0.3 is 6.92 Å². The van der Waals surface area contributed by atoms with Gasteiger partial charge in [0.2, 0.25) is 0 Å². The molecule has 0 aromatic heterocycles. The van der Waals surface area contributed by atoms with Crippen molar-refractivity contribution in [1.29, 1.82) is 0 Å². The van der Waals surface area contributed by atoms with Crippen LogP contribution in [0, 0.1) is 0 Å². The highest BCUT2D eigenvalue weighted by molar-refractivity contribution is 6.68. The third kappa shape index (κ3) is 2.26. The predicted octanol–water partition coefficient (Wildman–Crippen LogP) is 0.480. The Balaban J connectivity index is 2.30. The maximum Gasteiger partial charge on any atom is 0.328 e. The Morgan fingerprint density at radius 2 is 2.28 bits per heavy atom. The summed E-state index contributed by atoms with van der Waals surface area (Å²) in [7, 11) is 0. The molecule has 1 aliphatic heterocycles. The SMILES string of the molecule is CB1OC(C)(CN)c2cccc(OCCCO)c21. The lowest BCUT2D eigenvalue weighted by molar-refractivity contribution is 0.111. The highest BCUT2D eigenvalue weighted by Crippen LogP contribution is 2.32. The Morgan fingerprint density at radius 3 is 2.94 bits per heavy atom. The molecule has 2 rings (SSSR count). The fourth-order valence-corrected chi connectivity index (χ4v) is 2.47. The monoisotopic (exact) mass is 249 g/mol. The molecule has 1 unspecified atom stereocenters. The minimum Gasteiger partial charge on any atom is -0.494 e. The summed E-state index contributed by atoms with van der Waals surface area (Å²) in [5.74, 6) is 0.839.